The van der Waals surface area contributed by atoms with Gasteiger partial charge in [-0.25, -0.2) is 0 Å². The Balaban J connectivity index is 2.07. The van der Waals surface area contributed by atoms with Gasteiger partial charge in [0.15, 0.2) is 0 Å². The summed E-state index contributed by atoms with van der Waals surface area (Å²) in [5.41, 5.74) is 0. The third kappa shape index (κ3) is 6.64. The number of benzene rings is 1. The van der Waals surface area contributed by atoms with Crippen molar-refractivity contribution in [3.05, 3.63) is 40.0 Å². The van der Waals surface area contributed by atoms with Crippen molar-refractivity contribution in [1.82, 2.24) is 5.32 Å². The van der Waals surface area contributed by atoms with E-state index in [1.807, 2.05) is 30.3 Å². The van der Waals surface area contributed by atoms with Gasteiger partial charge in [-0.2, -0.15) is 0 Å². The Hall–Kier alpha value is -1.04. The molecule has 0 bridgehead atoms. The highest BCUT2D eigenvalue weighted by Gasteiger charge is 1.93. The van der Waals surface area contributed by atoms with Gasteiger partial charge in [0.25, 0.3) is 0 Å². The zero-order valence-electron chi connectivity index (χ0n) is 10.5. The van der Waals surface area contributed by atoms with E-state index in [9.17, 15) is 4.79 Å². The van der Waals surface area contributed by atoms with Crippen LogP contribution >= 0.6 is 22.6 Å². The molecule has 0 radical (unpaired) electrons. The largest absolute Gasteiger partial charge is 0.494 e. The van der Waals surface area contributed by atoms with Crippen LogP contribution in [0.1, 0.15) is 19.3 Å². The first-order valence-electron chi connectivity index (χ1n) is 5.99. The van der Waals surface area contributed by atoms with E-state index in [2.05, 4.69) is 27.9 Å². The van der Waals surface area contributed by atoms with E-state index in [-0.39, 0.29) is 5.91 Å². The summed E-state index contributed by atoms with van der Waals surface area (Å²) in [6, 6.07) is 8.02. The van der Waals surface area contributed by atoms with E-state index < -0.39 is 0 Å². The Morgan fingerprint density at radius 3 is 2.72 bits per heavy atom. The minimum Gasteiger partial charge on any atom is -0.494 e. The molecule has 0 aromatic heterocycles. The van der Waals surface area contributed by atoms with Gasteiger partial charge < -0.3 is 10.1 Å². The topological polar surface area (TPSA) is 38.3 Å². The molecule has 0 fully saturated rings. The number of rotatable bonds is 7. The van der Waals surface area contributed by atoms with Crippen molar-refractivity contribution < 1.29 is 9.53 Å². The first kappa shape index (κ1) is 15.0. The number of carbonyl (C=O) groups is 1. The van der Waals surface area contributed by atoms with E-state index in [4.69, 9.17) is 4.74 Å². The summed E-state index contributed by atoms with van der Waals surface area (Å²) >= 11 is 2.27. The lowest BCUT2D eigenvalue weighted by molar-refractivity contribution is -0.116. The number of hydrogen-bond donors (Lipinski definition) is 1. The Morgan fingerprint density at radius 1 is 1.33 bits per heavy atom. The molecular formula is C14H18INO2. The van der Waals surface area contributed by atoms with E-state index in [1.54, 1.807) is 13.1 Å². The fourth-order valence-electron chi connectivity index (χ4n) is 1.36. The number of hydrogen-bond acceptors (Lipinski definition) is 2. The van der Waals surface area contributed by atoms with E-state index in [0.717, 1.165) is 25.0 Å². The second-order valence-electron chi connectivity index (χ2n) is 3.81. The van der Waals surface area contributed by atoms with Gasteiger partial charge in [0.1, 0.15) is 5.75 Å². The van der Waals surface area contributed by atoms with E-state index >= 15 is 0 Å². The van der Waals surface area contributed by atoms with E-state index in [1.165, 1.54) is 3.57 Å². The number of carbonyl (C=O) groups excluding carboxylic acids is 1. The maximum absolute atomic E-state index is 10.9. The Morgan fingerprint density at radius 2 is 2.06 bits per heavy atom. The zero-order valence-corrected chi connectivity index (χ0v) is 12.6. The average Bonchev–Trinajstić information content (AvgIpc) is 2.39. The van der Waals surface area contributed by atoms with Gasteiger partial charge in [0.2, 0.25) is 5.91 Å². The number of likely N-dealkylation sites (N-methyl/N-ethyl adjacent to an activating group) is 1. The van der Waals surface area contributed by atoms with Crippen LogP contribution < -0.4 is 10.1 Å². The SMILES string of the molecule is CNC(=O)/C=C/CCCCOc1ccc(I)cc1. The lowest BCUT2D eigenvalue weighted by atomic mass is 10.2. The van der Waals surface area contributed by atoms with Crippen LogP contribution in [0.3, 0.4) is 0 Å². The molecule has 0 heterocycles. The number of nitrogens with one attached hydrogen (secondary N) is 1. The fourth-order valence-corrected chi connectivity index (χ4v) is 1.72. The molecule has 1 amide bonds. The third-order valence-corrected chi connectivity index (χ3v) is 3.08. The molecule has 0 atom stereocenters. The number of amides is 1. The van der Waals surface area contributed by atoms with Crippen LogP contribution in [-0.2, 0) is 4.79 Å². The van der Waals surface area contributed by atoms with Crippen LogP contribution in [0.4, 0.5) is 0 Å². The summed E-state index contributed by atoms with van der Waals surface area (Å²) in [5, 5.41) is 2.54. The molecule has 18 heavy (non-hydrogen) atoms. The molecule has 1 rings (SSSR count). The van der Waals surface area contributed by atoms with Crippen LogP contribution in [0, 0.1) is 3.57 Å². The second kappa shape index (κ2) is 8.97. The average molecular weight is 359 g/mol. The van der Waals surface area contributed by atoms with E-state index in [0.29, 0.717) is 6.61 Å². The highest BCUT2D eigenvalue weighted by Crippen LogP contribution is 2.13. The molecule has 1 N–H and O–H groups in total. The molecule has 0 aliphatic heterocycles. The summed E-state index contributed by atoms with van der Waals surface area (Å²) in [4.78, 5) is 10.9. The Labute approximate surface area is 122 Å². The Kier molecular flexibility index (Phi) is 7.48. The molecule has 1 aromatic carbocycles. The van der Waals surface area contributed by atoms with Gasteiger partial charge in [-0.15, -0.1) is 0 Å². The monoisotopic (exact) mass is 359 g/mol. The number of ether oxygens (including phenoxy) is 1. The third-order valence-electron chi connectivity index (χ3n) is 2.36. The molecule has 4 heteroatoms. The summed E-state index contributed by atoms with van der Waals surface area (Å²) < 4.78 is 6.81. The first-order valence-corrected chi connectivity index (χ1v) is 7.07. The molecule has 98 valence electrons. The number of unbranched alkanes of at least 4 members (excludes halogenated alkanes) is 2. The van der Waals surface area contributed by atoms with Gasteiger partial charge in [-0.3, -0.25) is 4.79 Å². The summed E-state index contributed by atoms with van der Waals surface area (Å²) in [5.74, 6) is 0.862. The van der Waals surface area contributed by atoms with Crippen molar-refractivity contribution in [2.24, 2.45) is 0 Å². The molecule has 0 saturated carbocycles. The molecule has 1 aromatic rings. The van der Waals surface area contributed by atoms with Gasteiger partial charge in [-0.1, -0.05) is 6.08 Å². The van der Waals surface area contributed by atoms with Crippen LogP contribution in [0.2, 0.25) is 0 Å². The molecular weight excluding hydrogens is 341 g/mol. The standard InChI is InChI=1S/C14H18INO2/c1-16-14(17)6-4-2-3-5-11-18-13-9-7-12(15)8-10-13/h4,6-10H,2-3,5,11H2,1H3,(H,16,17)/b6-4+. The van der Waals surface area contributed by atoms with Crippen molar-refractivity contribution in [2.45, 2.75) is 19.3 Å². The van der Waals surface area contributed by atoms with Crippen LogP contribution in [0.5, 0.6) is 5.75 Å². The van der Waals surface area contributed by atoms with Crippen molar-refractivity contribution in [3.63, 3.8) is 0 Å². The summed E-state index contributed by atoms with van der Waals surface area (Å²) in [6.45, 7) is 0.717. The van der Waals surface area contributed by atoms with Gasteiger partial charge in [0.05, 0.1) is 6.61 Å². The number of halogens is 1. The molecule has 0 aliphatic rings. The van der Waals surface area contributed by atoms with Crippen LogP contribution in [0.25, 0.3) is 0 Å². The second-order valence-corrected chi connectivity index (χ2v) is 5.06. The van der Waals surface area contributed by atoms with Crippen molar-refractivity contribution in [3.8, 4) is 5.75 Å². The predicted octanol–water partition coefficient (Wildman–Crippen LogP) is 3.14. The lowest BCUT2D eigenvalue weighted by Crippen LogP contribution is -2.13. The lowest BCUT2D eigenvalue weighted by Gasteiger charge is -2.05. The molecule has 0 saturated heterocycles. The zero-order chi connectivity index (χ0) is 13.2. The fraction of sp³-hybridized carbons (Fsp3) is 0.357. The van der Waals surface area contributed by atoms with Gasteiger partial charge in [-0.05, 0) is 72.2 Å². The normalized spacial score (nSPS) is 10.6. The van der Waals surface area contributed by atoms with Crippen LogP contribution in [0.15, 0.2) is 36.4 Å². The summed E-state index contributed by atoms with van der Waals surface area (Å²) in [7, 11) is 1.63. The molecule has 3 nitrogen and oxygen atoms in total. The molecule has 0 unspecified atom stereocenters. The summed E-state index contributed by atoms with van der Waals surface area (Å²) in [6.07, 6.45) is 6.38. The van der Waals surface area contributed by atoms with Gasteiger partial charge >= 0.3 is 0 Å². The minimum absolute atomic E-state index is 0.0508. The van der Waals surface area contributed by atoms with Gasteiger partial charge in [0, 0.05) is 10.6 Å². The predicted molar refractivity (Wildman–Crippen MR) is 81.7 cm³/mol. The van der Waals surface area contributed by atoms with Crippen molar-refractivity contribution in [2.75, 3.05) is 13.7 Å². The van der Waals surface area contributed by atoms with Crippen LogP contribution in [-0.4, -0.2) is 19.6 Å². The number of allylic oxidation sites excluding steroid dienone is 1. The maximum atomic E-state index is 10.9. The maximum Gasteiger partial charge on any atom is 0.243 e. The Bertz CT molecular complexity index is 387. The highest BCUT2D eigenvalue weighted by atomic mass is 127. The smallest absolute Gasteiger partial charge is 0.243 e. The quantitative estimate of drug-likeness (QED) is 0.462. The minimum atomic E-state index is -0.0508. The van der Waals surface area contributed by atoms with Crippen molar-refractivity contribution in [1.29, 1.82) is 0 Å². The molecule has 0 aliphatic carbocycles. The first-order chi connectivity index (χ1) is 8.72. The highest BCUT2D eigenvalue weighted by molar-refractivity contribution is 14.1. The van der Waals surface area contributed by atoms with Crippen molar-refractivity contribution >= 4 is 28.5 Å². The molecule has 0 spiro atoms.